The van der Waals surface area contributed by atoms with Crippen molar-refractivity contribution >= 4 is 107 Å². The maximum absolute atomic E-state index is 12.6. The summed E-state index contributed by atoms with van der Waals surface area (Å²) in [7, 11) is 0. The van der Waals surface area contributed by atoms with Crippen LogP contribution in [0.2, 0.25) is 0 Å². The number of likely N-dealkylation sites (tertiary alicyclic amines) is 6. The highest BCUT2D eigenvalue weighted by molar-refractivity contribution is 6.12. The van der Waals surface area contributed by atoms with E-state index in [0.717, 1.165) is 96.0 Å². The fourth-order valence-electron chi connectivity index (χ4n) is 13.9. The third-order valence-electron chi connectivity index (χ3n) is 21.6. The van der Waals surface area contributed by atoms with E-state index in [1.165, 1.54) is 20.8 Å². The van der Waals surface area contributed by atoms with E-state index in [-0.39, 0.29) is 116 Å². The molecule has 30 nitrogen and oxygen atoms in total. The van der Waals surface area contributed by atoms with Crippen LogP contribution in [0.1, 0.15) is 230 Å². The smallest absolute Gasteiger partial charge is 0.421 e. The highest BCUT2D eigenvalue weighted by Gasteiger charge is 2.66. The molecule has 6 heterocycles. The van der Waals surface area contributed by atoms with Gasteiger partial charge in [0.1, 0.15) is 27.4 Å². The molecule has 9 fully saturated rings. The molecule has 6 aliphatic heterocycles. The number of esters is 6. The van der Waals surface area contributed by atoms with Gasteiger partial charge in [0.2, 0.25) is 35.4 Å². The molecular formula is C79H104F6N6O24. The van der Waals surface area contributed by atoms with Crippen molar-refractivity contribution in [3.05, 3.63) is 73.9 Å². The lowest BCUT2D eigenvalue weighted by Crippen LogP contribution is -2.72. The number of β-lactam (4-membered cyclic amide) rings is 6. The molecule has 0 aromatic carbocycles. The maximum Gasteiger partial charge on any atom is 0.421 e. The van der Waals surface area contributed by atoms with Gasteiger partial charge >= 0.3 is 48.2 Å². The van der Waals surface area contributed by atoms with Gasteiger partial charge in [-0.2, -0.15) is 26.3 Å². The fraction of sp³-hybridized carbons (Fsp3) is 0.620. The highest BCUT2D eigenvalue weighted by atomic mass is 19.4. The third-order valence-corrected chi connectivity index (χ3v) is 21.6. The van der Waals surface area contributed by atoms with Gasteiger partial charge in [-0.05, 0) is 103 Å². The first-order valence-electron chi connectivity index (χ1n) is 38.3. The first kappa shape index (κ1) is 97.0. The van der Waals surface area contributed by atoms with Crippen LogP contribution in [-0.4, -0.2) is 186 Å². The Balaban J connectivity index is 0.000000291. The van der Waals surface area contributed by atoms with E-state index < -0.39 is 148 Å². The monoisotopic (exact) mass is 1630 g/mol. The van der Waals surface area contributed by atoms with Gasteiger partial charge in [0.15, 0.2) is 37.4 Å². The molecule has 0 aromatic heterocycles. The quantitative estimate of drug-likeness (QED) is 0.0285. The van der Waals surface area contributed by atoms with Crippen LogP contribution in [0.4, 0.5) is 26.3 Å². The molecular weight excluding hydrogens is 1530 g/mol. The topological polar surface area (TPSA) is 382 Å². The molecule has 6 unspecified atom stereocenters. The molecule has 636 valence electrons. The summed E-state index contributed by atoms with van der Waals surface area (Å²) in [5, 5.41) is 0. The molecule has 9 rings (SSSR count). The predicted octanol–water partition coefficient (Wildman–Crippen LogP) is 10.5. The number of carbonyl (C=O) groups is 18. The number of hydrogen-bond donors (Lipinski definition) is 0. The number of imide groups is 6. The molecule has 6 atom stereocenters. The summed E-state index contributed by atoms with van der Waals surface area (Å²) in [4.78, 5) is 215. The Morgan fingerprint density at radius 1 is 0.365 bits per heavy atom. The predicted molar refractivity (Wildman–Crippen MR) is 390 cm³/mol. The Morgan fingerprint density at radius 3 is 0.835 bits per heavy atom. The first-order chi connectivity index (χ1) is 53.7. The zero-order chi connectivity index (χ0) is 87.5. The Hall–Kier alpha value is -10.3. The van der Waals surface area contributed by atoms with Crippen molar-refractivity contribution in [2.24, 2.45) is 34.0 Å². The van der Waals surface area contributed by atoms with E-state index in [1.807, 2.05) is 27.7 Å². The summed E-state index contributed by atoms with van der Waals surface area (Å²) >= 11 is 0. The van der Waals surface area contributed by atoms with E-state index in [9.17, 15) is 113 Å². The minimum atomic E-state index is -4.95. The Labute approximate surface area is 662 Å². The van der Waals surface area contributed by atoms with Crippen LogP contribution < -0.4 is 0 Å². The number of amides is 12. The van der Waals surface area contributed by atoms with Gasteiger partial charge in [-0.1, -0.05) is 140 Å². The third kappa shape index (κ3) is 21.6. The van der Waals surface area contributed by atoms with E-state index in [0.29, 0.717) is 48.3 Å². The fourth-order valence-corrected chi connectivity index (χ4v) is 13.9. The second kappa shape index (κ2) is 41.3. The SMILES string of the molecule is C=C(C(=O)N1C(=O)C(CC)(CC)C1OC(=O)CC)C(F)(F)F.C=C(C(=O)N1C(=O)CC1OC(=O)C1CCCC1)C(F)(F)F.C=C(C)C(=O)N1C(=O)C(CC)(CC)C1OC(=O)CC.C=C(C)C(=O)N1C(=O)CC1OC(=O)C1CCCC1.C=CC(=O)N1C(=O)C(CC)(CC)C1OC(=O)CC.C=CC(=O)N1C(=O)CC1OC(=O)C1CCCC1. The number of alkyl halides is 6. The van der Waals surface area contributed by atoms with Gasteiger partial charge in [-0.15, -0.1) is 0 Å². The normalized spacial score (nSPS) is 22.1. The highest BCUT2D eigenvalue weighted by Crippen LogP contribution is 2.50. The van der Waals surface area contributed by atoms with Gasteiger partial charge < -0.3 is 28.4 Å². The van der Waals surface area contributed by atoms with E-state index in [2.05, 4.69) is 39.5 Å². The first-order valence-corrected chi connectivity index (χ1v) is 38.3. The molecule has 3 saturated carbocycles. The molecule has 0 aromatic rings. The summed E-state index contributed by atoms with van der Waals surface area (Å²) in [6.45, 7) is 37.7. The van der Waals surface area contributed by atoms with E-state index in [4.69, 9.17) is 28.4 Å². The molecule has 12 amide bonds. The average molecular weight is 1640 g/mol. The second-order valence-corrected chi connectivity index (χ2v) is 28.5. The minimum absolute atomic E-state index is 0.0174. The Morgan fingerprint density at radius 2 is 0.591 bits per heavy atom. The molecule has 0 radical (unpaired) electrons. The largest absolute Gasteiger partial charge is 0.440 e. The van der Waals surface area contributed by atoms with Gasteiger partial charge in [0.05, 0.1) is 37.0 Å². The van der Waals surface area contributed by atoms with Crippen LogP contribution in [0, 0.1) is 34.0 Å². The van der Waals surface area contributed by atoms with Crippen LogP contribution in [0.25, 0.3) is 0 Å². The summed E-state index contributed by atoms with van der Waals surface area (Å²) in [5.41, 5.74) is -5.49. The lowest BCUT2D eigenvalue weighted by atomic mass is 9.71. The van der Waals surface area contributed by atoms with Crippen molar-refractivity contribution in [2.45, 2.75) is 280 Å². The molecule has 3 aliphatic carbocycles. The van der Waals surface area contributed by atoms with Gasteiger partial charge in [-0.25, -0.2) is 29.4 Å². The molecule has 36 heteroatoms. The number of hydrogen-bond acceptors (Lipinski definition) is 24. The number of carbonyl (C=O) groups excluding carboxylic acids is 18. The number of ether oxygens (including phenoxy) is 6. The van der Waals surface area contributed by atoms with Crippen LogP contribution >= 0.6 is 0 Å². The maximum atomic E-state index is 12.6. The summed E-state index contributed by atoms with van der Waals surface area (Å²) in [6.07, 6.45) is 0.148. The minimum Gasteiger partial charge on any atom is -0.440 e. The van der Waals surface area contributed by atoms with Crippen LogP contribution in [0.5, 0.6) is 0 Å². The molecule has 9 aliphatic rings. The van der Waals surface area contributed by atoms with Crippen LogP contribution in [0.3, 0.4) is 0 Å². The molecule has 0 bridgehead atoms. The summed E-state index contributed by atoms with van der Waals surface area (Å²) < 4.78 is 106. The van der Waals surface area contributed by atoms with E-state index in [1.54, 1.807) is 27.7 Å². The van der Waals surface area contributed by atoms with Crippen molar-refractivity contribution in [1.82, 2.24) is 29.4 Å². The Bertz CT molecular complexity index is 3850. The zero-order valence-corrected chi connectivity index (χ0v) is 66.8. The lowest BCUT2D eigenvalue weighted by molar-refractivity contribution is -0.223. The van der Waals surface area contributed by atoms with E-state index >= 15 is 0 Å². The average Bonchev–Trinajstić information content (AvgIpc) is 1.08. The van der Waals surface area contributed by atoms with Crippen molar-refractivity contribution < 1.29 is 141 Å². The van der Waals surface area contributed by atoms with Crippen molar-refractivity contribution in [1.29, 1.82) is 0 Å². The summed E-state index contributed by atoms with van der Waals surface area (Å²) in [5.74, 6) is -11.0. The van der Waals surface area contributed by atoms with Gasteiger partial charge in [-0.3, -0.25) is 86.3 Å². The molecule has 0 spiro atoms. The second-order valence-electron chi connectivity index (χ2n) is 28.5. The number of nitrogens with zero attached hydrogens (tertiary/aromatic N) is 6. The molecule has 115 heavy (non-hydrogen) atoms. The Kier molecular flexibility index (Phi) is 34.9. The van der Waals surface area contributed by atoms with Gasteiger partial charge in [0.25, 0.3) is 35.4 Å². The van der Waals surface area contributed by atoms with Crippen molar-refractivity contribution in [3.8, 4) is 0 Å². The van der Waals surface area contributed by atoms with Crippen molar-refractivity contribution in [2.75, 3.05) is 0 Å². The lowest BCUT2D eigenvalue weighted by Gasteiger charge is -2.53. The van der Waals surface area contributed by atoms with Crippen LogP contribution in [0.15, 0.2) is 73.9 Å². The molecule has 6 saturated heterocycles. The summed E-state index contributed by atoms with van der Waals surface area (Å²) in [6, 6.07) is 0. The number of halogens is 6. The molecule has 0 N–H and O–H groups in total. The van der Waals surface area contributed by atoms with Gasteiger partial charge in [0, 0.05) is 30.4 Å². The zero-order valence-electron chi connectivity index (χ0n) is 66.8. The standard InChI is InChI=1S/C14H18F3NO4.C14H21NO4.C13H14F3NO4.C13H17NO4.C13H19NO4.C12H15NO4/c1-5-9(19)22-12-13(6-2,7-3)11(21)18(12)10(20)8(4)14(15,16)17;1-6-10(16)19-13-14(7-2,8-3)12(18)15(13)11(17)9(4)5;1-7(13(14,15)16)11(19)17-9(18)6-10(17)21-12(20)8-4-2-3-5-8;1-8(2)12(16)14-10(15)7-11(14)18-13(17)9-5-3-4-6-9;1-5-9(15)14-11(17)13(7-3,8-4)12(14)18-10(16)6-2;1-2-9(14)13-10(15)7-11(13)17-12(16)8-5-3-4-6-8/h12H,4-7H2,1-3H3;13H,4,6-8H2,1-3,5H3;8,10H,1-6H2;9,11H,1,3-7H2,2H3;5,12H,1,6-8H2,2-4H3;2,8,11H,1,3-7H2. The number of rotatable bonds is 24. The van der Waals surface area contributed by atoms with Crippen molar-refractivity contribution in [3.63, 3.8) is 0 Å². The van der Waals surface area contributed by atoms with Crippen LogP contribution in [-0.2, 0) is 115 Å².